The molecule has 11 heteroatoms. The molecule has 0 aliphatic carbocycles. The smallest absolute Gasteiger partial charge is 0.337 e. The van der Waals surface area contributed by atoms with Gasteiger partial charge in [-0.25, -0.2) is 4.79 Å². The third-order valence-corrected chi connectivity index (χ3v) is 5.22. The minimum Gasteiger partial charge on any atom is -0.465 e. The molecule has 0 radical (unpaired) electrons. The molecule has 1 aliphatic heterocycles. The van der Waals surface area contributed by atoms with Crippen molar-refractivity contribution in [2.75, 3.05) is 37.0 Å². The van der Waals surface area contributed by atoms with Gasteiger partial charge < -0.3 is 29.5 Å². The first-order chi connectivity index (χ1) is 16.4. The number of ether oxygens (including phenoxy) is 2. The summed E-state index contributed by atoms with van der Waals surface area (Å²) in [6, 6.07) is 7.68. The molecule has 3 amide bonds. The quantitative estimate of drug-likeness (QED) is 0.499. The van der Waals surface area contributed by atoms with Gasteiger partial charge in [0.15, 0.2) is 5.82 Å². The summed E-state index contributed by atoms with van der Waals surface area (Å²) in [6.07, 6.45) is 1.54. The van der Waals surface area contributed by atoms with Crippen LogP contribution in [0.1, 0.15) is 41.8 Å². The topological polar surface area (TPSA) is 140 Å². The van der Waals surface area contributed by atoms with Crippen molar-refractivity contribution in [1.29, 1.82) is 0 Å². The molecule has 3 rings (SSSR count). The Morgan fingerprint density at radius 3 is 2.53 bits per heavy atom. The molecule has 0 unspecified atom stereocenters. The summed E-state index contributed by atoms with van der Waals surface area (Å²) >= 11 is 0. The number of methoxy groups -OCH3 is 1. The highest BCUT2D eigenvalue weighted by Crippen LogP contribution is 2.18. The van der Waals surface area contributed by atoms with Crippen molar-refractivity contribution in [2.45, 2.75) is 38.7 Å². The fraction of sp³-hybridized carbons (Fsp3) is 0.435. The fourth-order valence-corrected chi connectivity index (χ4v) is 3.44. The number of carbonyl (C=O) groups is 4. The van der Waals surface area contributed by atoms with E-state index in [4.69, 9.17) is 14.0 Å². The molecule has 1 fully saturated rings. The molecule has 1 saturated heterocycles. The predicted molar refractivity (Wildman–Crippen MR) is 121 cm³/mol. The van der Waals surface area contributed by atoms with Crippen LogP contribution in [-0.2, 0) is 23.9 Å². The fourth-order valence-electron chi connectivity index (χ4n) is 3.44. The Bertz CT molecular complexity index is 1010. The van der Waals surface area contributed by atoms with Crippen molar-refractivity contribution in [1.82, 2.24) is 10.5 Å². The van der Waals surface area contributed by atoms with Gasteiger partial charge >= 0.3 is 5.97 Å². The lowest BCUT2D eigenvalue weighted by molar-refractivity contribution is -0.125. The van der Waals surface area contributed by atoms with Gasteiger partial charge in [0, 0.05) is 37.7 Å². The minimum atomic E-state index is -0.515. The maximum absolute atomic E-state index is 13.0. The van der Waals surface area contributed by atoms with Crippen LogP contribution in [0.3, 0.4) is 0 Å². The van der Waals surface area contributed by atoms with Crippen LogP contribution < -0.4 is 15.5 Å². The minimum absolute atomic E-state index is 0.0312. The average molecular weight is 472 g/mol. The first kappa shape index (κ1) is 24.9. The molecule has 2 aromatic rings. The zero-order chi connectivity index (χ0) is 24.5. The van der Waals surface area contributed by atoms with Gasteiger partial charge in [-0.15, -0.1) is 0 Å². The van der Waals surface area contributed by atoms with E-state index in [1.165, 1.54) is 24.1 Å². The first-order valence-electron chi connectivity index (χ1n) is 11.0. The number of nitrogens with one attached hydrogen (secondary N) is 2. The molecule has 0 saturated carbocycles. The summed E-state index contributed by atoms with van der Waals surface area (Å²) in [4.78, 5) is 50.7. The summed E-state index contributed by atoms with van der Waals surface area (Å²) in [5.74, 6) is -0.905. The van der Waals surface area contributed by atoms with E-state index in [1.54, 1.807) is 25.1 Å². The number of hydrogen-bond acceptors (Lipinski definition) is 8. The summed E-state index contributed by atoms with van der Waals surface area (Å²) in [5, 5.41) is 9.03. The Morgan fingerprint density at radius 2 is 1.91 bits per heavy atom. The molecule has 0 bridgehead atoms. The number of anilines is 2. The monoisotopic (exact) mass is 472 g/mol. The number of carbonyl (C=O) groups excluding carboxylic acids is 4. The highest BCUT2D eigenvalue weighted by Gasteiger charge is 2.22. The molecule has 1 aromatic carbocycles. The van der Waals surface area contributed by atoms with Crippen molar-refractivity contribution in [3.8, 4) is 0 Å². The van der Waals surface area contributed by atoms with Gasteiger partial charge in [-0.3, -0.25) is 14.4 Å². The van der Waals surface area contributed by atoms with Gasteiger partial charge in [0.25, 0.3) is 0 Å². The van der Waals surface area contributed by atoms with Crippen LogP contribution in [0.25, 0.3) is 0 Å². The van der Waals surface area contributed by atoms with Crippen LogP contribution in [0, 0.1) is 6.92 Å². The number of aryl methyl sites for hydroxylation is 1. The number of hydrogen-bond donors (Lipinski definition) is 2. The van der Waals surface area contributed by atoms with Gasteiger partial charge in [0.1, 0.15) is 12.3 Å². The zero-order valence-electron chi connectivity index (χ0n) is 19.2. The van der Waals surface area contributed by atoms with E-state index < -0.39 is 17.8 Å². The highest BCUT2D eigenvalue weighted by atomic mass is 16.5. The Kier molecular flexibility index (Phi) is 8.74. The van der Waals surface area contributed by atoms with Gasteiger partial charge in [0.05, 0.1) is 18.8 Å². The molecule has 34 heavy (non-hydrogen) atoms. The van der Waals surface area contributed by atoms with Gasteiger partial charge in [-0.2, -0.15) is 0 Å². The van der Waals surface area contributed by atoms with E-state index in [9.17, 15) is 19.2 Å². The Morgan fingerprint density at radius 1 is 1.15 bits per heavy atom. The van der Waals surface area contributed by atoms with Crippen LogP contribution in [0.4, 0.5) is 11.5 Å². The highest BCUT2D eigenvalue weighted by molar-refractivity contribution is 6.01. The third-order valence-electron chi connectivity index (χ3n) is 5.22. The number of nitrogens with zero attached hydrogens (tertiary/aromatic N) is 2. The Balaban J connectivity index is 1.64. The maximum Gasteiger partial charge on any atom is 0.337 e. The van der Waals surface area contributed by atoms with E-state index in [2.05, 4.69) is 15.8 Å². The summed E-state index contributed by atoms with van der Waals surface area (Å²) in [5.41, 5.74) is 0.723. The Labute approximate surface area is 196 Å². The van der Waals surface area contributed by atoms with Crippen LogP contribution in [-0.4, -0.2) is 61.8 Å². The van der Waals surface area contributed by atoms with Gasteiger partial charge in [-0.05, 0) is 44.0 Å². The van der Waals surface area contributed by atoms with Gasteiger partial charge in [0.2, 0.25) is 17.7 Å². The summed E-state index contributed by atoms with van der Waals surface area (Å²) < 4.78 is 15.1. The standard InChI is InChI=1S/C23H28N4O7/c1-15-12-19(26-34-15)25-20(28)9-10-22(30)27(14-21(29)24-13-18-4-3-11-33-18)17-7-5-16(6-8-17)23(31)32-2/h5-8,12,18H,3-4,9-11,13-14H2,1-2H3,(H,24,29)(H,25,26,28)/t18-/m0/s1. The molecule has 1 aromatic heterocycles. The van der Waals surface area contributed by atoms with E-state index in [1.807, 2.05) is 0 Å². The second kappa shape index (κ2) is 11.9. The molecule has 2 heterocycles. The third kappa shape index (κ3) is 7.14. The van der Waals surface area contributed by atoms with Crippen molar-refractivity contribution >= 4 is 35.2 Å². The normalized spacial score (nSPS) is 14.9. The number of rotatable bonds is 10. The van der Waals surface area contributed by atoms with Crippen LogP contribution in [0.15, 0.2) is 34.9 Å². The van der Waals surface area contributed by atoms with Crippen molar-refractivity contribution in [3.05, 3.63) is 41.7 Å². The molecule has 182 valence electrons. The summed E-state index contributed by atoms with van der Waals surface area (Å²) in [7, 11) is 1.27. The zero-order valence-corrected chi connectivity index (χ0v) is 19.2. The second-order valence-corrected chi connectivity index (χ2v) is 7.83. The lowest BCUT2D eigenvalue weighted by Crippen LogP contribution is -2.43. The molecule has 1 atom stereocenters. The predicted octanol–water partition coefficient (Wildman–Crippen LogP) is 1.82. The van der Waals surface area contributed by atoms with Crippen molar-refractivity contribution in [3.63, 3.8) is 0 Å². The molecule has 11 nitrogen and oxygen atoms in total. The van der Waals surface area contributed by atoms with Crippen LogP contribution >= 0.6 is 0 Å². The van der Waals surface area contributed by atoms with Gasteiger partial charge in [-0.1, -0.05) is 5.16 Å². The van der Waals surface area contributed by atoms with E-state index in [-0.39, 0.29) is 37.2 Å². The van der Waals surface area contributed by atoms with E-state index in [0.717, 1.165) is 12.8 Å². The number of amides is 3. The SMILES string of the molecule is COC(=O)c1ccc(N(CC(=O)NC[C@@H]2CCCO2)C(=O)CCC(=O)Nc2cc(C)on2)cc1. The first-order valence-corrected chi connectivity index (χ1v) is 11.0. The molecular formula is C23H28N4O7. The van der Waals surface area contributed by atoms with Crippen molar-refractivity contribution < 1.29 is 33.2 Å². The van der Waals surface area contributed by atoms with E-state index in [0.29, 0.717) is 30.2 Å². The maximum atomic E-state index is 13.0. The molecule has 0 spiro atoms. The average Bonchev–Trinajstić information content (AvgIpc) is 3.51. The largest absolute Gasteiger partial charge is 0.465 e. The van der Waals surface area contributed by atoms with Crippen LogP contribution in [0.5, 0.6) is 0 Å². The van der Waals surface area contributed by atoms with Crippen molar-refractivity contribution in [2.24, 2.45) is 0 Å². The van der Waals surface area contributed by atoms with E-state index >= 15 is 0 Å². The lowest BCUT2D eigenvalue weighted by atomic mass is 10.1. The summed E-state index contributed by atoms with van der Waals surface area (Å²) in [6.45, 7) is 2.49. The molecule has 1 aliphatic rings. The number of aromatic nitrogens is 1. The number of benzene rings is 1. The Hall–Kier alpha value is -3.73. The van der Waals surface area contributed by atoms with Crippen LogP contribution in [0.2, 0.25) is 0 Å². The molecular weight excluding hydrogens is 444 g/mol. The second-order valence-electron chi connectivity index (χ2n) is 7.83. The lowest BCUT2D eigenvalue weighted by Gasteiger charge is -2.23. The number of esters is 1. The molecule has 2 N–H and O–H groups in total.